The number of non-ortho nitro benzene ring substituents is 1. The second kappa shape index (κ2) is 11.0. The van der Waals surface area contributed by atoms with E-state index in [1.165, 1.54) is 54.9 Å². The summed E-state index contributed by atoms with van der Waals surface area (Å²) >= 11 is 1.15. The smallest absolute Gasteiger partial charge is 0.279 e. The summed E-state index contributed by atoms with van der Waals surface area (Å²) in [6.07, 6.45) is 0. The van der Waals surface area contributed by atoms with Gasteiger partial charge in [-0.05, 0) is 30.3 Å². The van der Waals surface area contributed by atoms with Gasteiger partial charge in [0.15, 0.2) is 4.80 Å². The van der Waals surface area contributed by atoms with Gasteiger partial charge in [0, 0.05) is 52.1 Å². The number of ether oxygens (including phenoxy) is 2. The lowest BCUT2D eigenvalue weighted by atomic mass is 10.2. The van der Waals surface area contributed by atoms with Gasteiger partial charge in [0.25, 0.3) is 11.6 Å². The standard InChI is InChI=1S/C21H24N4O7S2/c1-23-18-9-6-16(25(27)28)14-19(18)33-21(23)22-20(26)15-4-7-17(8-5-15)34(29,30)24(10-12-31-2)11-13-32-3/h4-9,14H,10-13H2,1-3H3. The van der Waals surface area contributed by atoms with Crippen LogP contribution in [0.1, 0.15) is 10.4 Å². The van der Waals surface area contributed by atoms with E-state index in [4.69, 9.17) is 9.47 Å². The van der Waals surface area contributed by atoms with Gasteiger partial charge in [-0.15, -0.1) is 0 Å². The number of hydrogen-bond donors (Lipinski definition) is 0. The molecule has 1 aromatic heterocycles. The van der Waals surface area contributed by atoms with Crippen LogP contribution >= 0.6 is 11.3 Å². The summed E-state index contributed by atoms with van der Waals surface area (Å²) in [7, 11) is 0.880. The fraction of sp³-hybridized carbons (Fsp3) is 0.333. The largest absolute Gasteiger partial charge is 0.383 e. The first-order valence-electron chi connectivity index (χ1n) is 10.1. The number of carbonyl (C=O) groups excluding carboxylic acids is 1. The lowest BCUT2D eigenvalue weighted by Gasteiger charge is -2.21. The van der Waals surface area contributed by atoms with Gasteiger partial charge in [0.1, 0.15) is 0 Å². The molecule has 0 fully saturated rings. The molecule has 0 bridgehead atoms. The molecule has 0 unspecified atom stereocenters. The summed E-state index contributed by atoms with van der Waals surface area (Å²) in [6, 6.07) is 9.96. The average Bonchev–Trinajstić information content (AvgIpc) is 3.13. The summed E-state index contributed by atoms with van der Waals surface area (Å²) in [5, 5.41) is 11.0. The topological polar surface area (TPSA) is 133 Å². The Kier molecular flexibility index (Phi) is 8.28. The minimum atomic E-state index is -3.81. The molecule has 0 N–H and O–H groups in total. The minimum absolute atomic E-state index is 0.0379. The number of methoxy groups -OCH3 is 2. The van der Waals surface area contributed by atoms with Gasteiger partial charge in [-0.1, -0.05) is 11.3 Å². The molecule has 1 amide bonds. The van der Waals surface area contributed by atoms with E-state index >= 15 is 0 Å². The van der Waals surface area contributed by atoms with Gasteiger partial charge in [-0.25, -0.2) is 8.42 Å². The Labute approximate surface area is 200 Å². The lowest BCUT2D eigenvalue weighted by molar-refractivity contribution is -0.384. The van der Waals surface area contributed by atoms with Crippen molar-refractivity contribution in [1.29, 1.82) is 0 Å². The van der Waals surface area contributed by atoms with Gasteiger partial charge >= 0.3 is 0 Å². The molecule has 0 saturated heterocycles. The van der Waals surface area contributed by atoms with Crippen molar-refractivity contribution in [3.63, 3.8) is 0 Å². The molecule has 1 heterocycles. The third-order valence-corrected chi connectivity index (χ3v) is 8.04. The monoisotopic (exact) mass is 508 g/mol. The van der Waals surface area contributed by atoms with Crippen molar-refractivity contribution in [3.8, 4) is 0 Å². The molecule has 0 spiro atoms. The molecule has 0 aliphatic heterocycles. The lowest BCUT2D eigenvalue weighted by Crippen LogP contribution is -2.36. The SMILES string of the molecule is COCCN(CCOC)S(=O)(=O)c1ccc(C(=O)N=c2sc3cc([N+](=O)[O-])ccc3n2C)cc1. The molecule has 11 nitrogen and oxygen atoms in total. The highest BCUT2D eigenvalue weighted by atomic mass is 32.2. The van der Waals surface area contributed by atoms with Crippen LogP contribution in [0.25, 0.3) is 10.2 Å². The van der Waals surface area contributed by atoms with Crippen LogP contribution in [0.4, 0.5) is 5.69 Å². The van der Waals surface area contributed by atoms with Crippen LogP contribution in [0.15, 0.2) is 52.4 Å². The number of aromatic nitrogens is 1. The predicted molar refractivity (Wildman–Crippen MR) is 126 cm³/mol. The maximum Gasteiger partial charge on any atom is 0.279 e. The summed E-state index contributed by atoms with van der Waals surface area (Å²) < 4.78 is 39.5. The number of thiazole rings is 1. The zero-order valence-electron chi connectivity index (χ0n) is 18.8. The number of amides is 1. The Hall–Kier alpha value is -2.97. The van der Waals surface area contributed by atoms with Crippen molar-refractivity contribution >= 4 is 43.2 Å². The van der Waals surface area contributed by atoms with E-state index in [9.17, 15) is 23.3 Å². The Balaban J connectivity index is 1.88. The maximum atomic E-state index is 13.0. The molecule has 13 heteroatoms. The third kappa shape index (κ3) is 5.56. The second-order valence-electron chi connectivity index (χ2n) is 7.18. The number of nitrogens with zero attached hydrogens (tertiary/aromatic N) is 4. The second-order valence-corrected chi connectivity index (χ2v) is 10.1. The van der Waals surface area contributed by atoms with Crippen molar-refractivity contribution in [2.75, 3.05) is 40.5 Å². The highest BCUT2D eigenvalue weighted by Gasteiger charge is 2.24. The van der Waals surface area contributed by atoms with Crippen LogP contribution in [0.2, 0.25) is 0 Å². The molecule has 3 aromatic rings. The molecular formula is C21H24N4O7S2. The predicted octanol–water partition coefficient (Wildman–Crippen LogP) is 2.17. The first-order valence-corrected chi connectivity index (χ1v) is 12.4. The van der Waals surface area contributed by atoms with Crippen molar-refractivity contribution in [3.05, 3.63) is 62.9 Å². The van der Waals surface area contributed by atoms with Crippen molar-refractivity contribution < 1.29 is 27.6 Å². The molecule has 2 aromatic carbocycles. The molecule has 0 aliphatic rings. The van der Waals surface area contributed by atoms with E-state index in [0.29, 0.717) is 15.0 Å². The first-order chi connectivity index (χ1) is 16.2. The highest BCUT2D eigenvalue weighted by molar-refractivity contribution is 7.89. The Bertz CT molecular complexity index is 1350. The molecule has 0 atom stereocenters. The number of aryl methyl sites for hydroxylation is 1. The van der Waals surface area contributed by atoms with Crippen molar-refractivity contribution in [2.24, 2.45) is 12.0 Å². The van der Waals surface area contributed by atoms with Crippen LogP contribution < -0.4 is 4.80 Å². The maximum absolute atomic E-state index is 13.0. The Morgan fingerprint density at radius 3 is 2.29 bits per heavy atom. The van der Waals surface area contributed by atoms with E-state index < -0.39 is 20.9 Å². The summed E-state index contributed by atoms with van der Waals surface area (Å²) in [5.41, 5.74) is 0.868. The number of sulfonamides is 1. The van der Waals surface area contributed by atoms with Crippen LogP contribution in [-0.4, -0.2) is 68.6 Å². The molecule has 34 heavy (non-hydrogen) atoms. The van der Waals surface area contributed by atoms with Crippen molar-refractivity contribution in [2.45, 2.75) is 4.90 Å². The quantitative estimate of drug-likeness (QED) is 0.303. The normalized spacial score (nSPS) is 12.5. The number of fused-ring (bicyclic) bond motifs is 1. The van der Waals surface area contributed by atoms with E-state index in [1.807, 2.05) is 0 Å². The fourth-order valence-corrected chi connectivity index (χ4v) is 5.61. The fourth-order valence-electron chi connectivity index (χ4n) is 3.15. The number of carbonyl (C=O) groups is 1. The number of benzene rings is 2. The van der Waals surface area contributed by atoms with Gasteiger partial charge < -0.3 is 14.0 Å². The first kappa shape index (κ1) is 25.6. The average molecular weight is 509 g/mol. The number of hydrogen-bond acceptors (Lipinski definition) is 8. The van der Waals surface area contributed by atoms with E-state index in [1.54, 1.807) is 17.7 Å². The van der Waals surface area contributed by atoms with Crippen LogP contribution in [0, 0.1) is 10.1 Å². The zero-order chi connectivity index (χ0) is 24.9. The molecule has 0 saturated carbocycles. The van der Waals surface area contributed by atoms with Crippen LogP contribution in [0.3, 0.4) is 0 Å². The number of nitro groups is 1. The summed E-state index contributed by atoms with van der Waals surface area (Å²) in [4.78, 5) is 27.8. The molecular weight excluding hydrogens is 484 g/mol. The van der Waals surface area contributed by atoms with Gasteiger partial charge in [0.2, 0.25) is 10.0 Å². The summed E-state index contributed by atoms with van der Waals surface area (Å²) in [5.74, 6) is -0.559. The molecule has 182 valence electrons. The summed E-state index contributed by atoms with van der Waals surface area (Å²) in [6.45, 7) is 0.791. The highest BCUT2D eigenvalue weighted by Crippen LogP contribution is 2.23. The zero-order valence-corrected chi connectivity index (χ0v) is 20.5. The van der Waals surface area contributed by atoms with Gasteiger partial charge in [-0.2, -0.15) is 9.30 Å². The number of nitro benzene ring substituents is 1. The van der Waals surface area contributed by atoms with E-state index in [-0.39, 0.29) is 42.4 Å². The van der Waals surface area contributed by atoms with Gasteiger partial charge in [0.05, 0.1) is 33.2 Å². The van der Waals surface area contributed by atoms with Crippen LogP contribution in [0.5, 0.6) is 0 Å². The minimum Gasteiger partial charge on any atom is -0.383 e. The van der Waals surface area contributed by atoms with E-state index in [2.05, 4.69) is 4.99 Å². The Morgan fingerprint density at radius 2 is 1.74 bits per heavy atom. The van der Waals surface area contributed by atoms with Crippen molar-refractivity contribution in [1.82, 2.24) is 8.87 Å². The molecule has 0 radical (unpaired) electrons. The molecule has 0 aliphatic carbocycles. The van der Waals surface area contributed by atoms with Crippen LogP contribution in [-0.2, 0) is 26.5 Å². The number of rotatable bonds is 10. The molecule has 3 rings (SSSR count). The van der Waals surface area contributed by atoms with E-state index in [0.717, 1.165) is 11.3 Å². The van der Waals surface area contributed by atoms with Gasteiger partial charge in [-0.3, -0.25) is 14.9 Å². The Morgan fingerprint density at radius 1 is 1.12 bits per heavy atom. The third-order valence-electron chi connectivity index (χ3n) is 5.03.